The molecule has 40 heavy (non-hydrogen) atoms. The van der Waals surface area contributed by atoms with Crippen LogP contribution in [-0.2, 0) is 30.5 Å². The third-order valence-electron chi connectivity index (χ3n) is 6.60. The van der Waals surface area contributed by atoms with E-state index in [1.807, 2.05) is 54.6 Å². The van der Waals surface area contributed by atoms with Gasteiger partial charge in [0, 0.05) is 18.9 Å². The van der Waals surface area contributed by atoms with Gasteiger partial charge < -0.3 is 30.3 Å². The highest BCUT2D eigenvalue weighted by atomic mass is 16.5. The standard InChI is InChI=1S/C30H30N2O8/c33-15-14-25(29(36)37)31-28(35)26(16-27(34)39-17-19-8-2-1-3-9-19)32-30(38)40-18-24-22-12-6-4-10-20(22)21-11-5-7-13-23(21)24/h1-13,24-26,33H,14-18H2,(H,31,35)(H,32,38)(H,36,37)/t25?,26-/m0/s1. The molecule has 3 aromatic rings. The van der Waals surface area contributed by atoms with Crippen LogP contribution < -0.4 is 10.6 Å². The lowest BCUT2D eigenvalue weighted by atomic mass is 9.98. The van der Waals surface area contributed by atoms with E-state index < -0.39 is 49.1 Å². The topological polar surface area (TPSA) is 151 Å². The van der Waals surface area contributed by atoms with Crippen LogP contribution in [0.3, 0.4) is 0 Å². The van der Waals surface area contributed by atoms with Crippen LogP contribution in [0.15, 0.2) is 78.9 Å². The molecule has 0 heterocycles. The van der Waals surface area contributed by atoms with E-state index in [2.05, 4.69) is 10.6 Å². The molecule has 1 aliphatic rings. The number of hydrogen-bond donors (Lipinski definition) is 4. The molecule has 4 rings (SSSR count). The van der Waals surface area contributed by atoms with E-state index in [9.17, 15) is 24.3 Å². The molecule has 1 aliphatic carbocycles. The van der Waals surface area contributed by atoms with Gasteiger partial charge in [-0.05, 0) is 27.8 Å². The molecular formula is C30H30N2O8. The van der Waals surface area contributed by atoms with Gasteiger partial charge in [-0.15, -0.1) is 0 Å². The maximum atomic E-state index is 12.9. The van der Waals surface area contributed by atoms with Crippen molar-refractivity contribution in [3.05, 3.63) is 95.6 Å². The number of benzene rings is 3. The van der Waals surface area contributed by atoms with Crippen molar-refractivity contribution in [2.45, 2.75) is 37.5 Å². The highest BCUT2D eigenvalue weighted by molar-refractivity contribution is 5.92. The van der Waals surface area contributed by atoms with Gasteiger partial charge in [-0.1, -0.05) is 78.9 Å². The Labute approximate surface area is 230 Å². The Morgan fingerprint density at radius 3 is 1.98 bits per heavy atom. The van der Waals surface area contributed by atoms with Crippen molar-refractivity contribution in [1.29, 1.82) is 0 Å². The zero-order valence-electron chi connectivity index (χ0n) is 21.6. The molecule has 4 N–H and O–H groups in total. The van der Waals surface area contributed by atoms with E-state index in [0.717, 1.165) is 27.8 Å². The summed E-state index contributed by atoms with van der Waals surface area (Å²) in [6.07, 6.45) is -1.77. The van der Waals surface area contributed by atoms with Gasteiger partial charge in [0.25, 0.3) is 0 Å². The number of fused-ring (bicyclic) bond motifs is 3. The Balaban J connectivity index is 1.42. The fraction of sp³-hybridized carbons (Fsp3) is 0.267. The number of nitrogens with one attached hydrogen (secondary N) is 2. The van der Waals surface area contributed by atoms with Crippen LogP contribution in [0.5, 0.6) is 0 Å². The number of carboxylic acids is 1. The number of ether oxygens (including phenoxy) is 2. The Hall–Kier alpha value is -4.70. The summed E-state index contributed by atoms with van der Waals surface area (Å²) in [5.74, 6) is -3.29. The maximum Gasteiger partial charge on any atom is 0.407 e. The van der Waals surface area contributed by atoms with Gasteiger partial charge >= 0.3 is 18.0 Å². The van der Waals surface area contributed by atoms with Gasteiger partial charge in [-0.3, -0.25) is 9.59 Å². The fourth-order valence-electron chi connectivity index (χ4n) is 4.61. The van der Waals surface area contributed by atoms with E-state index in [1.165, 1.54) is 0 Å². The molecule has 0 spiro atoms. The lowest BCUT2D eigenvalue weighted by Gasteiger charge is -2.21. The molecule has 208 valence electrons. The van der Waals surface area contributed by atoms with Gasteiger partial charge in [0.15, 0.2) is 0 Å². The third kappa shape index (κ3) is 7.03. The first-order valence-corrected chi connectivity index (χ1v) is 12.8. The minimum atomic E-state index is -1.47. The molecule has 2 atom stereocenters. The molecule has 0 saturated carbocycles. The molecule has 0 aromatic heterocycles. The van der Waals surface area contributed by atoms with Crippen LogP contribution in [0.2, 0.25) is 0 Å². The highest BCUT2D eigenvalue weighted by Gasteiger charge is 2.32. The molecule has 0 aliphatic heterocycles. The quantitative estimate of drug-likeness (QED) is 0.253. The van der Waals surface area contributed by atoms with Crippen molar-refractivity contribution in [2.75, 3.05) is 13.2 Å². The minimum Gasteiger partial charge on any atom is -0.480 e. The molecular weight excluding hydrogens is 516 g/mol. The lowest BCUT2D eigenvalue weighted by molar-refractivity contribution is -0.147. The van der Waals surface area contributed by atoms with E-state index >= 15 is 0 Å². The number of carboxylic acid groups (broad SMARTS) is 1. The Morgan fingerprint density at radius 1 is 0.775 bits per heavy atom. The van der Waals surface area contributed by atoms with Crippen molar-refractivity contribution >= 4 is 23.9 Å². The second-order valence-electron chi connectivity index (χ2n) is 9.28. The number of aliphatic carboxylic acids is 1. The summed E-state index contributed by atoms with van der Waals surface area (Å²) in [7, 11) is 0. The summed E-state index contributed by atoms with van der Waals surface area (Å²) in [6, 6.07) is 21.6. The van der Waals surface area contributed by atoms with Crippen molar-refractivity contribution in [2.24, 2.45) is 0 Å². The van der Waals surface area contributed by atoms with Crippen molar-refractivity contribution < 1.29 is 38.9 Å². The van der Waals surface area contributed by atoms with Crippen molar-refractivity contribution in [3.8, 4) is 11.1 Å². The number of carbonyl (C=O) groups excluding carboxylic acids is 3. The SMILES string of the molecule is O=C(C[C@H](NC(=O)OCC1c2ccccc2-c2ccccc21)C(=O)NC(CCO)C(=O)O)OCc1ccccc1. The first kappa shape index (κ1) is 28.3. The number of amides is 2. The highest BCUT2D eigenvalue weighted by Crippen LogP contribution is 2.44. The average molecular weight is 547 g/mol. The van der Waals surface area contributed by atoms with Crippen molar-refractivity contribution in [1.82, 2.24) is 10.6 Å². The Kier molecular flexibility index (Phi) is 9.48. The summed E-state index contributed by atoms with van der Waals surface area (Å²) in [5, 5.41) is 23.1. The number of hydrogen-bond acceptors (Lipinski definition) is 7. The summed E-state index contributed by atoms with van der Waals surface area (Å²) in [5.41, 5.74) is 4.84. The molecule has 3 aromatic carbocycles. The first-order valence-electron chi connectivity index (χ1n) is 12.8. The van der Waals surface area contributed by atoms with Crippen LogP contribution >= 0.6 is 0 Å². The number of rotatable bonds is 12. The van der Waals surface area contributed by atoms with Gasteiger partial charge in [0.1, 0.15) is 25.3 Å². The number of alkyl carbamates (subject to hydrolysis) is 1. The fourth-order valence-corrected chi connectivity index (χ4v) is 4.61. The van der Waals surface area contributed by atoms with Crippen molar-refractivity contribution in [3.63, 3.8) is 0 Å². The summed E-state index contributed by atoms with van der Waals surface area (Å²) < 4.78 is 10.7. The second-order valence-corrected chi connectivity index (χ2v) is 9.28. The lowest BCUT2D eigenvalue weighted by Crippen LogP contribution is -2.52. The first-order chi connectivity index (χ1) is 19.4. The summed E-state index contributed by atoms with van der Waals surface area (Å²) in [4.78, 5) is 49.8. The van der Waals surface area contributed by atoms with Crippen LogP contribution in [0.25, 0.3) is 11.1 Å². The number of aliphatic hydroxyl groups excluding tert-OH is 1. The molecule has 10 heteroatoms. The second kappa shape index (κ2) is 13.4. The summed E-state index contributed by atoms with van der Waals surface area (Å²) >= 11 is 0. The number of esters is 1. The van der Waals surface area contributed by atoms with E-state index in [1.54, 1.807) is 24.3 Å². The average Bonchev–Trinajstić information content (AvgIpc) is 3.28. The Morgan fingerprint density at radius 2 is 1.38 bits per heavy atom. The zero-order chi connectivity index (χ0) is 28.5. The monoisotopic (exact) mass is 546 g/mol. The maximum absolute atomic E-state index is 12.9. The normalized spacial score (nSPS) is 13.3. The van der Waals surface area contributed by atoms with Gasteiger partial charge in [-0.2, -0.15) is 0 Å². The smallest absolute Gasteiger partial charge is 0.407 e. The Bertz CT molecular complexity index is 1320. The largest absolute Gasteiger partial charge is 0.480 e. The van der Waals surface area contributed by atoms with Crippen LogP contribution in [-0.4, -0.2) is 59.4 Å². The molecule has 2 amide bonds. The van der Waals surface area contributed by atoms with Crippen LogP contribution in [0.4, 0.5) is 4.79 Å². The van der Waals surface area contributed by atoms with E-state index in [4.69, 9.17) is 14.6 Å². The van der Waals surface area contributed by atoms with Gasteiger partial charge in [-0.25, -0.2) is 9.59 Å². The molecule has 0 bridgehead atoms. The number of carbonyl (C=O) groups is 4. The van der Waals surface area contributed by atoms with Gasteiger partial charge in [0.2, 0.25) is 5.91 Å². The zero-order valence-corrected chi connectivity index (χ0v) is 21.6. The predicted octanol–water partition coefficient (Wildman–Crippen LogP) is 2.98. The molecule has 0 radical (unpaired) electrons. The molecule has 0 saturated heterocycles. The predicted molar refractivity (Wildman–Crippen MR) is 144 cm³/mol. The molecule has 0 fully saturated rings. The van der Waals surface area contributed by atoms with E-state index in [-0.39, 0.29) is 25.6 Å². The van der Waals surface area contributed by atoms with Gasteiger partial charge in [0.05, 0.1) is 6.42 Å². The van der Waals surface area contributed by atoms with E-state index in [0.29, 0.717) is 0 Å². The molecule has 10 nitrogen and oxygen atoms in total. The molecule has 1 unspecified atom stereocenters. The minimum absolute atomic E-state index is 0.0189. The number of aliphatic hydroxyl groups is 1. The van der Waals surface area contributed by atoms with Crippen LogP contribution in [0, 0.1) is 0 Å². The third-order valence-corrected chi connectivity index (χ3v) is 6.60. The van der Waals surface area contributed by atoms with Crippen LogP contribution in [0.1, 0.15) is 35.4 Å². The summed E-state index contributed by atoms with van der Waals surface area (Å²) in [6.45, 7) is -0.545.